The molecular weight excluding hydrogens is 372 g/mol. The summed E-state index contributed by atoms with van der Waals surface area (Å²) < 4.78 is 15.8. The molecule has 0 radical (unpaired) electrons. The largest absolute Gasteiger partial charge is 0.450 e. The van der Waals surface area contributed by atoms with Gasteiger partial charge in [-0.05, 0) is 23.6 Å². The molecule has 0 fully saturated rings. The fourth-order valence-corrected chi connectivity index (χ4v) is 2.85. The van der Waals surface area contributed by atoms with Crippen LogP contribution in [0, 0.1) is 0 Å². The second-order valence-corrected chi connectivity index (χ2v) is 6.84. The Balaban J connectivity index is 1.46. The summed E-state index contributed by atoms with van der Waals surface area (Å²) in [4.78, 5) is 28.6. The molecule has 7 heteroatoms. The predicted molar refractivity (Wildman–Crippen MR) is 105 cm³/mol. The number of benzene rings is 2. The fraction of sp³-hybridized carbons (Fsp3) is 0.182. The summed E-state index contributed by atoms with van der Waals surface area (Å²) >= 11 is 0. The first-order chi connectivity index (χ1) is 14.0. The first-order valence-corrected chi connectivity index (χ1v) is 9.14. The van der Waals surface area contributed by atoms with E-state index in [0.717, 1.165) is 11.6 Å². The average molecular weight is 390 g/mol. The molecule has 0 spiro atoms. The highest BCUT2D eigenvalue weighted by Gasteiger charge is 2.16. The van der Waals surface area contributed by atoms with E-state index in [1.165, 1.54) is 5.56 Å². The quantitative estimate of drug-likeness (QED) is 0.468. The first kappa shape index (κ1) is 18.6. The number of hydrogen-bond acceptors (Lipinski definition) is 7. The maximum atomic E-state index is 12.2. The Kier molecular flexibility index (Phi) is 4.95. The minimum atomic E-state index is -0.783. The van der Waals surface area contributed by atoms with Crippen molar-refractivity contribution in [2.45, 2.75) is 26.4 Å². The van der Waals surface area contributed by atoms with E-state index in [0.29, 0.717) is 22.7 Å². The van der Waals surface area contributed by atoms with Crippen molar-refractivity contribution in [2.75, 3.05) is 0 Å². The van der Waals surface area contributed by atoms with Crippen molar-refractivity contribution in [3.8, 4) is 11.4 Å². The van der Waals surface area contributed by atoms with Crippen LogP contribution in [0.4, 0.5) is 0 Å². The van der Waals surface area contributed by atoms with Gasteiger partial charge in [0, 0.05) is 11.6 Å². The molecule has 0 unspecified atom stereocenters. The molecule has 4 aromatic rings. The smallest absolute Gasteiger partial charge is 0.374 e. The van der Waals surface area contributed by atoms with Crippen LogP contribution in [-0.2, 0) is 11.3 Å². The van der Waals surface area contributed by atoms with Gasteiger partial charge in [-0.25, -0.2) is 4.79 Å². The molecule has 2 aromatic heterocycles. The summed E-state index contributed by atoms with van der Waals surface area (Å²) in [5, 5.41) is 4.31. The van der Waals surface area contributed by atoms with E-state index in [4.69, 9.17) is 13.7 Å². The molecular formula is C22H18N2O5. The summed E-state index contributed by atoms with van der Waals surface area (Å²) in [6, 6.07) is 15.6. The van der Waals surface area contributed by atoms with E-state index in [-0.39, 0.29) is 23.7 Å². The number of esters is 1. The van der Waals surface area contributed by atoms with Crippen molar-refractivity contribution in [3.05, 3.63) is 82.0 Å². The van der Waals surface area contributed by atoms with Crippen LogP contribution in [0.25, 0.3) is 22.4 Å². The standard InChI is InChI=1S/C22H18N2O5/c1-13(2)14-7-9-15(10-8-14)21-23-20(29-24-21)12-27-22(26)19-11-17(25)16-5-3-4-6-18(16)28-19/h3-11,13H,12H2,1-2H3. The zero-order chi connectivity index (χ0) is 20.4. The van der Waals surface area contributed by atoms with E-state index in [9.17, 15) is 9.59 Å². The molecule has 0 amide bonds. The number of carbonyl (C=O) groups excluding carboxylic acids is 1. The van der Waals surface area contributed by atoms with Gasteiger partial charge in [0.05, 0.1) is 5.39 Å². The average Bonchev–Trinajstić information content (AvgIpc) is 3.21. The van der Waals surface area contributed by atoms with Crippen LogP contribution in [0.1, 0.15) is 41.8 Å². The van der Waals surface area contributed by atoms with Gasteiger partial charge in [-0.15, -0.1) is 0 Å². The molecule has 2 aromatic carbocycles. The van der Waals surface area contributed by atoms with Crippen molar-refractivity contribution in [3.63, 3.8) is 0 Å². The number of ether oxygens (including phenoxy) is 1. The van der Waals surface area contributed by atoms with Crippen molar-refractivity contribution in [1.82, 2.24) is 10.1 Å². The van der Waals surface area contributed by atoms with Gasteiger partial charge in [0.25, 0.3) is 5.89 Å². The van der Waals surface area contributed by atoms with E-state index in [2.05, 4.69) is 24.0 Å². The Hall–Kier alpha value is -3.74. The Bertz CT molecular complexity index is 1220. The summed E-state index contributed by atoms with van der Waals surface area (Å²) in [6.07, 6.45) is 0. The summed E-state index contributed by atoms with van der Waals surface area (Å²) in [6.45, 7) is 4.01. The molecule has 7 nitrogen and oxygen atoms in total. The minimum Gasteiger partial charge on any atom is -0.450 e. The van der Waals surface area contributed by atoms with Crippen LogP contribution >= 0.6 is 0 Å². The maximum Gasteiger partial charge on any atom is 0.374 e. The lowest BCUT2D eigenvalue weighted by molar-refractivity contribution is 0.0394. The van der Waals surface area contributed by atoms with Gasteiger partial charge in [-0.1, -0.05) is 55.4 Å². The Morgan fingerprint density at radius 2 is 1.86 bits per heavy atom. The molecule has 0 N–H and O–H groups in total. The van der Waals surface area contributed by atoms with Crippen molar-refractivity contribution in [1.29, 1.82) is 0 Å². The molecule has 0 saturated carbocycles. The molecule has 2 heterocycles. The third-order valence-electron chi connectivity index (χ3n) is 4.47. The number of nitrogens with zero attached hydrogens (tertiary/aromatic N) is 2. The monoisotopic (exact) mass is 390 g/mol. The number of carbonyl (C=O) groups is 1. The summed E-state index contributed by atoms with van der Waals surface area (Å²) in [5.74, 6) is 0.0130. The maximum absolute atomic E-state index is 12.2. The summed E-state index contributed by atoms with van der Waals surface area (Å²) in [5.41, 5.74) is 2.01. The van der Waals surface area contributed by atoms with Gasteiger partial charge in [0.15, 0.2) is 12.0 Å². The lowest BCUT2D eigenvalue weighted by Crippen LogP contribution is -2.10. The van der Waals surface area contributed by atoms with Crippen molar-refractivity contribution < 1.29 is 18.5 Å². The molecule has 0 aliphatic carbocycles. The molecule has 0 bridgehead atoms. The number of aromatic nitrogens is 2. The van der Waals surface area contributed by atoms with Gasteiger partial charge in [-0.3, -0.25) is 4.79 Å². The van der Waals surface area contributed by atoms with Crippen LogP contribution in [0.15, 0.2) is 68.3 Å². The third kappa shape index (κ3) is 3.94. The van der Waals surface area contributed by atoms with Crippen molar-refractivity contribution in [2.24, 2.45) is 0 Å². The van der Waals surface area contributed by atoms with Crippen LogP contribution < -0.4 is 5.43 Å². The first-order valence-electron chi connectivity index (χ1n) is 9.14. The van der Waals surface area contributed by atoms with Gasteiger partial charge in [0.1, 0.15) is 5.58 Å². The van der Waals surface area contributed by atoms with Crippen LogP contribution in [0.3, 0.4) is 0 Å². The Morgan fingerprint density at radius 1 is 1.10 bits per heavy atom. The second kappa shape index (κ2) is 7.71. The molecule has 146 valence electrons. The number of para-hydroxylation sites is 1. The highest BCUT2D eigenvalue weighted by atomic mass is 16.6. The van der Waals surface area contributed by atoms with Gasteiger partial charge < -0.3 is 13.7 Å². The Morgan fingerprint density at radius 3 is 2.62 bits per heavy atom. The molecule has 4 rings (SSSR count). The van der Waals surface area contributed by atoms with Crippen LogP contribution in [-0.4, -0.2) is 16.1 Å². The summed E-state index contributed by atoms with van der Waals surface area (Å²) in [7, 11) is 0. The fourth-order valence-electron chi connectivity index (χ4n) is 2.85. The zero-order valence-corrected chi connectivity index (χ0v) is 15.9. The van der Waals surface area contributed by atoms with Gasteiger partial charge in [-0.2, -0.15) is 4.98 Å². The van der Waals surface area contributed by atoms with E-state index >= 15 is 0 Å². The number of rotatable bonds is 5. The number of fused-ring (bicyclic) bond motifs is 1. The van der Waals surface area contributed by atoms with E-state index in [1.807, 2.05) is 24.3 Å². The highest BCUT2D eigenvalue weighted by Crippen LogP contribution is 2.21. The molecule has 0 aliphatic rings. The molecule has 0 saturated heterocycles. The van der Waals surface area contributed by atoms with Crippen LogP contribution in [0.5, 0.6) is 0 Å². The number of hydrogen-bond donors (Lipinski definition) is 0. The van der Waals surface area contributed by atoms with E-state index < -0.39 is 5.97 Å². The zero-order valence-electron chi connectivity index (χ0n) is 15.9. The van der Waals surface area contributed by atoms with E-state index in [1.54, 1.807) is 24.3 Å². The SMILES string of the molecule is CC(C)c1ccc(-c2noc(COC(=O)c3cc(=O)c4ccccc4o3)n2)cc1. The Labute approximate surface area is 165 Å². The minimum absolute atomic E-state index is 0.143. The predicted octanol–water partition coefficient (Wildman–Crippen LogP) is 4.32. The highest BCUT2D eigenvalue weighted by molar-refractivity contribution is 5.88. The molecule has 0 aliphatic heterocycles. The third-order valence-corrected chi connectivity index (χ3v) is 4.47. The van der Waals surface area contributed by atoms with Gasteiger partial charge >= 0.3 is 5.97 Å². The van der Waals surface area contributed by atoms with Crippen molar-refractivity contribution >= 4 is 16.9 Å². The van der Waals surface area contributed by atoms with Gasteiger partial charge in [0.2, 0.25) is 11.6 Å². The molecule has 0 atom stereocenters. The lowest BCUT2D eigenvalue weighted by Gasteiger charge is -2.04. The van der Waals surface area contributed by atoms with Crippen LogP contribution in [0.2, 0.25) is 0 Å². The second-order valence-electron chi connectivity index (χ2n) is 6.84. The normalized spacial score (nSPS) is 11.1. The topological polar surface area (TPSA) is 95.4 Å². The molecule has 29 heavy (non-hydrogen) atoms. The lowest BCUT2D eigenvalue weighted by atomic mass is 10.0.